The molecular weight excluding hydrogens is 248 g/mol. The number of aromatic nitrogens is 2. The molecule has 0 fully saturated rings. The van der Waals surface area contributed by atoms with Crippen LogP contribution in [0.15, 0.2) is 12.4 Å². The third-order valence-corrected chi connectivity index (χ3v) is 4.73. The van der Waals surface area contributed by atoms with Gasteiger partial charge in [-0.1, -0.05) is 20.8 Å². The molecule has 0 saturated heterocycles. The van der Waals surface area contributed by atoms with Crippen LogP contribution in [0.3, 0.4) is 0 Å². The summed E-state index contributed by atoms with van der Waals surface area (Å²) >= 11 is 0. The minimum Gasteiger partial charge on any atom is -0.335 e. The van der Waals surface area contributed by atoms with Gasteiger partial charge in [-0.2, -0.15) is 0 Å². The van der Waals surface area contributed by atoms with Crippen LogP contribution in [0.25, 0.3) is 0 Å². The minimum absolute atomic E-state index is 0.280. The first-order valence-corrected chi connectivity index (χ1v) is 8.60. The van der Waals surface area contributed by atoms with Gasteiger partial charge < -0.3 is 8.75 Å². The highest BCUT2D eigenvalue weighted by Crippen LogP contribution is 2.46. The fourth-order valence-electron chi connectivity index (χ4n) is 2.07. The number of imidazole rings is 1. The molecule has 0 bridgehead atoms. The van der Waals surface area contributed by atoms with Gasteiger partial charge in [0.05, 0.1) is 6.61 Å². The van der Waals surface area contributed by atoms with Crippen LogP contribution in [-0.4, -0.2) is 40.7 Å². The minimum atomic E-state index is -1.03. The van der Waals surface area contributed by atoms with E-state index in [0.717, 1.165) is 12.0 Å². The zero-order valence-corrected chi connectivity index (χ0v) is 12.8. The lowest BCUT2D eigenvalue weighted by Gasteiger charge is -2.37. The van der Waals surface area contributed by atoms with Crippen LogP contribution >= 0.6 is 10.3 Å². The molecule has 0 N–H and O–H groups in total. The number of aldehydes is 1. The normalized spacial score (nSPS) is 13.6. The number of nitrogens with zero attached hydrogens (tertiary/aromatic N) is 2. The molecule has 4 nitrogen and oxygen atoms in total. The molecule has 1 aromatic heterocycles. The molecule has 0 saturated carbocycles. The van der Waals surface area contributed by atoms with Crippen molar-refractivity contribution >= 4 is 16.6 Å². The summed E-state index contributed by atoms with van der Waals surface area (Å²) in [6.07, 6.45) is 8.59. The molecule has 1 aromatic rings. The summed E-state index contributed by atoms with van der Waals surface area (Å²) in [7, 11) is -1.03. The van der Waals surface area contributed by atoms with E-state index in [-0.39, 0.29) is 5.41 Å². The van der Waals surface area contributed by atoms with E-state index in [9.17, 15) is 4.79 Å². The van der Waals surface area contributed by atoms with Gasteiger partial charge in [-0.25, -0.2) is 4.98 Å². The van der Waals surface area contributed by atoms with E-state index < -0.39 is 10.3 Å². The van der Waals surface area contributed by atoms with Gasteiger partial charge in [0.1, 0.15) is 0 Å². The SMILES string of the molecule is CC(C)(C)CS(C)(C)OCCn1ccnc1C=O. The summed E-state index contributed by atoms with van der Waals surface area (Å²) in [6.45, 7) is 7.98. The van der Waals surface area contributed by atoms with Crippen LogP contribution in [0.4, 0.5) is 0 Å². The van der Waals surface area contributed by atoms with Crippen molar-refractivity contribution in [3.8, 4) is 0 Å². The maximum absolute atomic E-state index is 10.7. The molecule has 0 aliphatic rings. The van der Waals surface area contributed by atoms with Crippen LogP contribution in [-0.2, 0) is 10.7 Å². The molecule has 0 unspecified atom stereocenters. The highest BCUT2D eigenvalue weighted by Gasteiger charge is 2.21. The number of carbonyl (C=O) groups excluding carboxylic acids is 1. The van der Waals surface area contributed by atoms with E-state index >= 15 is 0 Å². The van der Waals surface area contributed by atoms with Gasteiger partial charge in [-0.15, -0.1) is 10.3 Å². The van der Waals surface area contributed by atoms with Crippen molar-refractivity contribution < 1.29 is 8.98 Å². The lowest BCUT2D eigenvalue weighted by molar-refractivity contribution is 0.111. The predicted molar refractivity (Wildman–Crippen MR) is 77.3 cm³/mol. The highest BCUT2D eigenvalue weighted by molar-refractivity contribution is 8.28. The van der Waals surface area contributed by atoms with E-state index in [2.05, 4.69) is 38.3 Å². The second-order valence-corrected chi connectivity index (χ2v) is 9.46. The summed E-state index contributed by atoms with van der Waals surface area (Å²) in [6, 6.07) is 0. The van der Waals surface area contributed by atoms with E-state index in [1.807, 2.05) is 4.57 Å². The first-order chi connectivity index (χ1) is 8.23. The second-order valence-electron chi connectivity index (χ2n) is 6.06. The van der Waals surface area contributed by atoms with E-state index in [1.54, 1.807) is 12.4 Å². The van der Waals surface area contributed by atoms with Crippen LogP contribution in [0.1, 0.15) is 31.4 Å². The number of carbonyl (C=O) groups is 1. The molecule has 0 radical (unpaired) electrons. The Bertz CT molecular complexity index is 394. The third kappa shape index (κ3) is 5.23. The van der Waals surface area contributed by atoms with Crippen molar-refractivity contribution in [2.24, 2.45) is 5.41 Å². The highest BCUT2D eigenvalue weighted by atomic mass is 32.3. The maximum Gasteiger partial charge on any atom is 0.185 e. The van der Waals surface area contributed by atoms with Crippen LogP contribution in [0, 0.1) is 5.41 Å². The zero-order chi connectivity index (χ0) is 13.8. The molecule has 0 aliphatic heterocycles. The molecule has 1 rings (SSSR count). The first-order valence-electron chi connectivity index (χ1n) is 6.05. The van der Waals surface area contributed by atoms with Crippen LogP contribution in [0.5, 0.6) is 0 Å². The average Bonchev–Trinajstić information content (AvgIpc) is 2.61. The maximum atomic E-state index is 10.7. The Morgan fingerprint density at radius 3 is 2.67 bits per heavy atom. The van der Waals surface area contributed by atoms with Crippen molar-refractivity contribution in [2.45, 2.75) is 27.3 Å². The fraction of sp³-hybridized carbons (Fsp3) is 0.692. The monoisotopic (exact) mass is 272 g/mol. The third-order valence-electron chi connectivity index (χ3n) is 2.37. The lowest BCUT2D eigenvalue weighted by Crippen LogP contribution is -2.20. The largest absolute Gasteiger partial charge is 0.335 e. The van der Waals surface area contributed by atoms with E-state index in [0.29, 0.717) is 19.0 Å². The average molecular weight is 272 g/mol. The summed E-state index contributed by atoms with van der Waals surface area (Å²) in [5.74, 6) is 1.53. The second kappa shape index (κ2) is 5.89. The van der Waals surface area contributed by atoms with Gasteiger partial charge in [0.25, 0.3) is 0 Å². The molecule has 18 heavy (non-hydrogen) atoms. The molecule has 0 aliphatic carbocycles. The first kappa shape index (κ1) is 15.2. The van der Waals surface area contributed by atoms with Crippen LogP contribution in [0.2, 0.25) is 0 Å². The number of rotatable bonds is 6. The Balaban J connectivity index is 2.44. The lowest BCUT2D eigenvalue weighted by atomic mass is 10.0. The molecular formula is C13H24N2O2S. The number of hydrogen-bond donors (Lipinski definition) is 0. The van der Waals surface area contributed by atoms with Crippen molar-refractivity contribution in [2.75, 3.05) is 24.9 Å². The Hall–Kier alpha value is -0.810. The molecule has 5 heteroatoms. The summed E-state index contributed by atoms with van der Waals surface area (Å²) < 4.78 is 7.82. The van der Waals surface area contributed by atoms with Gasteiger partial charge in [0.15, 0.2) is 12.1 Å². The Morgan fingerprint density at radius 2 is 2.11 bits per heavy atom. The van der Waals surface area contributed by atoms with Gasteiger partial charge >= 0.3 is 0 Å². The molecule has 0 spiro atoms. The summed E-state index contributed by atoms with van der Waals surface area (Å²) in [5, 5.41) is 0. The van der Waals surface area contributed by atoms with Gasteiger partial charge in [0, 0.05) is 24.7 Å². The van der Waals surface area contributed by atoms with E-state index in [4.69, 9.17) is 4.18 Å². The van der Waals surface area contributed by atoms with Gasteiger partial charge in [-0.3, -0.25) is 4.79 Å². The molecule has 0 amide bonds. The summed E-state index contributed by atoms with van der Waals surface area (Å²) in [5.41, 5.74) is 0.280. The standard InChI is InChI=1S/C13H24N2O2S/c1-13(2,3)11-18(4,5)17-9-8-15-7-6-14-12(15)10-16/h6-7,10H,8-9,11H2,1-5H3. The van der Waals surface area contributed by atoms with Gasteiger partial charge in [0.2, 0.25) is 0 Å². The van der Waals surface area contributed by atoms with E-state index in [1.165, 1.54) is 0 Å². The Kier molecular flexibility index (Phi) is 4.99. The number of hydrogen-bond acceptors (Lipinski definition) is 3. The van der Waals surface area contributed by atoms with Crippen molar-refractivity contribution in [1.29, 1.82) is 0 Å². The molecule has 1 heterocycles. The predicted octanol–water partition coefficient (Wildman–Crippen LogP) is 2.74. The summed E-state index contributed by atoms with van der Waals surface area (Å²) in [4.78, 5) is 14.7. The van der Waals surface area contributed by atoms with Crippen LogP contribution < -0.4 is 0 Å². The fourth-order valence-corrected chi connectivity index (χ4v) is 4.77. The molecule has 104 valence electrons. The van der Waals surface area contributed by atoms with Crippen molar-refractivity contribution in [3.05, 3.63) is 18.2 Å². The Labute approximate surface area is 111 Å². The molecule has 0 aromatic carbocycles. The van der Waals surface area contributed by atoms with Crippen molar-refractivity contribution in [3.63, 3.8) is 0 Å². The quantitative estimate of drug-likeness (QED) is 0.748. The zero-order valence-electron chi connectivity index (χ0n) is 12.0. The molecule has 0 atom stereocenters. The Morgan fingerprint density at radius 1 is 1.44 bits per heavy atom. The van der Waals surface area contributed by atoms with Gasteiger partial charge in [-0.05, 0) is 17.9 Å². The topological polar surface area (TPSA) is 44.1 Å². The van der Waals surface area contributed by atoms with Crippen molar-refractivity contribution in [1.82, 2.24) is 9.55 Å². The smallest absolute Gasteiger partial charge is 0.185 e.